The van der Waals surface area contributed by atoms with E-state index in [1.54, 1.807) is 31.4 Å². The molecule has 0 unspecified atom stereocenters. The van der Waals surface area contributed by atoms with Crippen LogP contribution in [0.15, 0.2) is 48.5 Å². The molecule has 1 atom stereocenters. The van der Waals surface area contributed by atoms with Gasteiger partial charge in [0, 0.05) is 18.7 Å². The third kappa shape index (κ3) is 4.53. The van der Waals surface area contributed by atoms with Gasteiger partial charge in [-0.05, 0) is 48.2 Å². The predicted octanol–water partition coefficient (Wildman–Crippen LogP) is 3.01. The third-order valence-corrected chi connectivity index (χ3v) is 4.45. The number of benzene rings is 2. The van der Waals surface area contributed by atoms with Crippen LogP contribution in [0.3, 0.4) is 0 Å². The summed E-state index contributed by atoms with van der Waals surface area (Å²) in [4.78, 5) is 24.0. The Morgan fingerprint density at radius 2 is 1.88 bits per heavy atom. The van der Waals surface area contributed by atoms with Crippen LogP contribution in [0, 0.1) is 0 Å². The molecule has 0 aliphatic heterocycles. The van der Waals surface area contributed by atoms with E-state index >= 15 is 0 Å². The third-order valence-electron chi connectivity index (χ3n) is 4.45. The number of carbonyl (C=O) groups excluding carboxylic acids is 2. The minimum atomic E-state index is -0.339. The zero-order chi connectivity index (χ0) is 18.4. The summed E-state index contributed by atoms with van der Waals surface area (Å²) in [6, 6.07) is 15.0. The van der Waals surface area contributed by atoms with Crippen molar-refractivity contribution in [3.63, 3.8) is 0 Å². The molecule has 0 aromatic heterocycles. The summed E-state index contributed by atoms with van der Waals surface area (Å²) in [5.41, 5.74) is 3.16. The van der Waals surface area contributed by atoms with Gasteiger partial charge in [0.2, 0.25) is 5.91 Å². The van der Waals surface area contributed by atoms with E-state index in [0.717, 1.165) is 18.6 Å². The monoisotopic (exact) mass is 353 g/mol. The van der Waals surface area contributed by atoms with Gasteiger partial charge in [-0.25, -0.2) is 4.79 Å². The number of fused-ring (bicyclic) bond motifs is 1. The summed E-state index contributed by atoms with van der Waals surface area (Å²) in [7, 11) is 1.59. The van der Waals surface area contributed by atoms with E-state index in [1.807, 2.05) is 12.1 Å². The zero-order valence-corrected chi connectivity index (χ0v) is 14.7. The van der Waals surface area contributed by atoms with Crippen LogP contribution in [-0.2, 0) is 11.2 Å². The highest BCUT2D eigenvalue weighted by molar-refractivity contribution is 5.89. The van der Waals surface area contributed by atoms with Crippen molar-refractivity contribution in [2.24, 2.45) is 0 Å². The SMILES string of the molecule is COc1ccc(NC(=O)NCCC(=O)N[C@@H]2CCc3ccccc32)cc1. The lowest BCUT2D eigenvalue weighted by atomic mass is 10.1. The summed E-state index contributed by atoms with van der Waals surface area (Å²) in [6.07, 6.45) is 2.16. The van der Waals surface area contributed by atoms with Crippen molar-refractivity contribution in [3.8, 4) is 5.75 Å². The molecular formula is C20H23N3O3. The van der Waals surface area contributed by atoms with Gasteiger partial charge in [-0.2, -0.15) is 0 Å². The van der Waals surface area contributed by atoms with E-state index in [4.69, 9.17) is 4.74 Å². The smallest absolute Gasteiger partial charge is 0.319 e. The van der Waals surface area contributed by atoms with E-state index < -0.39 is 0 Å². The van der Waals surface area contributed by atoms with Crippen LogP contribution in [0.2, 0.25) is 0 Å². The Bertz CT molecular complexity index is 774. The topological polar surface area (TPSA) is 79.5 Å². The Hall–Kier alpha value is -3.02. The summed E-state index contributed by atoms with van der Waals surface area (Å²) in [5.74, 6) is 0.664. The molecule has 0 radical (unpaired) electrons. The van der Waals surface area contributed by atoms with Crippen LogP contribution >= 0.6 is 0 Å². The molecule has 0 saturated carbocycles. The Kier molecular flexibility index (Phi) is 5.73. The van der Waals surface area contributed by atoms with Gasteiger partial charge in [0.05, 0.1) is 13.2 Å². The average Bonchev–Trinajstić information content (AvgIpc) is 3.05. The van der Waals surface area contributed by atoms with Crippen molar-refractivity contribution in [2.45, 2.75) is 25.3 Å². The molecule has 0 heterocycles. The number of nitrogens with one attached hydrogen (secondary N) is 3. The highest BCUT2D eigenvalue weighted by Gasteiger charge is 2.23. The fourth-order valence-electron chi connectivity index (χ4n) is 3.11. The maximum atomic E-state index is 12.1. The second kappa shape index (κ2) is 8.38. The fraction of sp³-hybridized carbons (Fsp3) is 0.300. The Balaban J connectivity index is 1.39. The molecule has 0 fully saturated rings. The summed E-state index contributed by atoms with van der Waals surface area (Å²) in [6.45, 7) is 0.280. The lowest BCUT2D eigenvalue weighted by Crippen LogP contribution is -2.34. The molecule has 1 aliphatic carbocycles. The molecule has 0 spiro atoms. The van der Waals surface area contributed by atoms with E-state index in [0.29, 0.717) is 5.69 Å². The number of aryl methyl sites for hydroxylation is 1. The number of rotatable bonds is 6. The molecule has 2 aromatic carbocycles. The summed E-state index contributed by atoms with van der Waals surface area (Å²) in [5, 5.41) is 8.45. The lowest BCUT2D eigenvalue weighted by Gasteiger charge is -2.14. The standard InChI is InChI=1S/C20H23N3O3/c1-26-16-9-7-15(8-10-16)22-20(25)21-13-12-19(24)23-18-11-6-14-4-2-3-5-17(14)18/h2-5,7-10,18H,6,11-13H2,1H3,(H,23,24)(H2,21,22,25)/t18-/m1/s1. The van der Waals surface area contributed by atoms with E-state index in [-0.39, 0.29) is 30.9 Å². The van der Waals surface area contributed by atoms with Gasteiger partial charge >= 0.3 is 6.03 Å². The quantitative estimate of drug-likeness (QED) is 0.747. The molecule has 3 rings (SSSR count). The molecule has 6 nitrogen and oxygen atoms in total. The van der Waals surface area contributed by atoms with Gasteiger partial charge < -0.3 is 20.7 Å². The van der Waals surface area contributed by atoms with Crippen LogP contribution in [0.25, 0.3) is 0 Å². The average molecular weight is 353 g/mol. The summed E-state index contributed by atoms with van der Waals surface area (Å²) < 4.78 is 5.07. The van der Waals surface area contributed by atoms with Gasteiger partial charge in [-0.15, -0.1) is 0 Å². The Morgan fingerprint density at radius 1 is 1.12 bits per heavy atom. The Labute approximate surface area is 152 Å². The number of methoxy groups -OCH3 is 1. The largest absolute Gasteiger partial charge is 0.497 e. The van der Waals surface area contributed by atoms with Gasteiger partial charge in [0.15, 0.2) is 0 Å². The molecule has 26 heavy (non-hydrogen) atoms. The van der Waals surface area contributed by atoms with Gasteiger partial charge in [-0.1, -0.05) is 24.3 Å². The zero-order valence-electron chi connectivity index (χ0n) is 14.7. The van der Waals surface area contributed by atoms with Gasteiger partial charge in [0.1, 0.15) is 5.75 Å². The maximum Gasteiger partial charge on any atom is 0.319 e. The number of amides is 3. The van der Waals surface area contributed by atoms with Crippen molar-refractivity contribution in [1.82, 2.24) is 10.6 Å². The van der Waals surface area contributed by atoms with E-state index in [2.05, 4.69) is 28.1 Å². The minimum Gasteiger partial charge on any atom is -0.497 e. The van der Waals surface area contributed by atoms with E-state index in [9.17, 15) is 9.59 Å². The maximum absolute atomic E-state index is 12.1. The number of ether oxygens (including phenoxy) is 1. The van der Waals surface area contributed by atoms with Crippen LogP contribution in [-0.4, -0.2) is 25.6 Å². The van der Waals surface area contributed by atoms with Crippen molar-refractivity contribution in [1.29, 1.82) is 0 Å². The van der Waals surface area contributed by atoms with Crippen molar-refractivity contribution in [3.05, 3.63) is 59.7 Å². The molecule has 0 saturated heterocycles. The molecule has 3 N–H and O–H groups in total. The van der Waals surface area contributed by atoms with Crippen LogP contribution in [0.1, 0.15) is 30.0 Å². The molecule has 136 valence electrons. The first-order chi connectivity index (χ1) is 12.7. The number of hydrogen-bond acceptors (Lipinski definition) is 3. The first-order valence-corrected chi connectivity index (χ1v) is 8.72. The molecule has 6 heteroatoms. The molecule has 1 aliphatic rings. The molecular weight excluding hydrogens is 330 g/mol. The predicted molar refractivity (Wildman–Crippen MR) is 100 cm³/mol. The number of carbonyl (C=O) groups is 2. The van der Waals surface area contributed by atoms with Crippen LogP contribution in [0.4, 0.5) is 10.5 Å². The first kappa shape index (κ1) is 17.8. The second-order valence-electron chi connectivity index (χ2n) is 6.22. The number of anilines is 1. The first-order valence-electron chi connectivity index (χ1n) is 8.72. The number of urea groups is 1. The van der Waals surface area contributed by atoms with Crippen LogP contribution < -0.4 is 20.7 Å². The van der Waals surface area contributed by atoms with Crippen molar-refractivity contribution >= 4 is 17.6 Å². The second-order valence-corrected chi connectivity index (χ2v) is 6.22. The van der Waals surface area contributed by atoms with Crippen molar-refractivity contribution in [2.75, 3.05) is 19.0 Å². The minimum absolute atomic E-state index is 0.0588. The van der Waals surface area contributed by atoms with Crippen molar-refractivity contribution < 1.29 is 14.3 Å². The number of hydrogen-bond donors (Lipinski definition) is 3. The molecule has 2 aromatic rings. The fourth-order valence-corrected chi connectivity index (χ4v) is 3.11. The Morgan fingerprint density at radius 3 is 2.65 bits per heavy atom. The highest BCUT2D eigenvalue weighted by Crippen LogP contribution is 2.30. The highest BCUT2D eigenvalue weighted by atomic mass is 16.5. The van der Waals surface area contributed by atoms with Gasteiger partial charge in [-0.3, -0.25) is 4.79 Å². The lowest BCUT2D eigenvalue weighted by molar-refractivity contribution is -0.121. The summed E-state index contributed by atoms with van der Waals surface area (Å²) >= 11 is 0. The normalized spacial score (nSPS) is 15.0. The van der Waals surface area contributed by atoms with Crippen LogP contribution in [0.5, 0.6) is 5.75 Å². The van der Waals surface area contributed by atoms with Gasteiger partial charge in [0.25, 0.3) is 0 Å². The molecule has 3 amide bonds. The van der Waals surface area contributed by atoms with E-state index in [1.165, 1.54) is 11.1 Å². The molecule has 0 bridgehead atoms.